The molecule has 19 aromatic rings. The molecule has 7 aliphatic heterocycles. The van der Waals surface area contributed by atoms with Crippen molar-refractivity contribution in [3.8, 4) is 78.9 Å². The molecular formula is C125H111Ir2N11O3. The molecule has 16 heteroatoms. The molecule has 26 rings (SSSR count). The maximum absolute atomic E-state index is 10.0. The summed E-state index contributed by atoms with van der Waals surface area (Å²) in [6.07, 6.45) is 24.5. The normalized spacial score (nSPS) is 14.0. The number of ether oxygens (including phenoxy) is 1. The molecule has 0 amide bonds. The van der Waals surface area contributed by atoms with Crippen LogP contribution in [0.25, 0.3) is 122 Å². The van der Waals surface area contributed by atoms with E-state index >= 15 is 0 Å². The Morgan fingerprint density at radius 1 is 0.553 bits per heavy atom. The number of imidazole rings is 1. The third kappa shape index (κ3) is 21.4. The van der Waals surface area contributed by atoms with E-state index in [0.29, 0.717) is 35.4 Å². The number of fused-ring (bicyclic) bond motifs is 16. The maximum atomic E-state index is 10.0. The summed E-state index contributed by atoms with van der Waals surface area (Å²) in [6.45, 7) is 22.2. The van der Waals surface area contributed by atoms with Gasteiger partial charge in [0.2, 0.25) is 11.2 Å². The maximum Gasteiger partial charge on any atom is 0.294 e. The number of benzene rings is 13. The van der Waals surface area contributed by atoms with Gasteiger partial charge in [-0.25, -0.2) is 4.57 Å². The number of carbonyl (C=O) groups excluding carboxylic acids is 1. The molecule has 6 aromatic heterocycles. The molecule has 0 saturated heterocycles. The van der Waals surface area contributed by atoms with Gasteiger partial charge >= 0.3 is 0 Å². The van der Waals surface area contributed by atoms with Gasteiger partial charge in [0.05, 0.1) is 49.2 Å². The first-order valence-corrected chi connectivity index (χ1v) is 46.5. The number of ketones is 1. The van der Waals surface area contributed by atoms with Crippen molar-refractivity contribution in [2.45, 2.75) is 113 Å². The van der Waals surface area contributed by atoms with Crippen molar-refractivity contribution in [3.05, 3.63) is 500 Å². The monoisotopic (exact) mass is 2210 g/mol. The Balaban J connectivity index is 0.000000123. The summed E-state index contributed by atoms with van der Waals surface area (Å²) in [5.74, 6) is 3.62. The minimum atomic E-state index is -0.411. The molecule has 0 fully saturated rings. The van der Waals surface area contributed by atoms with Crippen LogP contribution >= 0.6 is 0 Å². The van der Waals surface area contributed by atoms with Gasteiger partial charge in [0.15, 0.2) is 18.5 Å². The van der Waals surface area contributed by atoms with Crippen molar-refractivity contribution in [2.75, 3.05) is 4.90 Å². The summed E-state index contributed by atoms with van der Waals surface area (Å²) >= 11 is 0. The number of aliphatic hydroxyl groups excluding tert-OH is 1. The molecule has 14 nitrogen and oxygen atoms in total. The van der Waals surface area contributed by atoms with Gasteiger partial charge in [-0.3, -0.25) is 14.8 Å². The van der Waals surface area contributed by atoms with Crippen LogP contribution in [0.1, 0.15) is 136 Å². The number of allylic oxidation sites excluding steroid dienone is 6. The number of hydrogen-bond acceptors (Lipinski definition) is 9. The van der Waals surface area contributed by atoms with Crippen LogP contribution in [-0.4, -0.2) is 51.4 Å². The second kappa shape index (κ2) is 44.9. The average Bonchev–Trinajstić information content (AvgIpc) is 1.55. The van der Waals surface area contributed by atoms with Gasteiger partial charge in [-0.15, -0.1) is 88.6 Å². The minimum absolute atomic E-state index is 0. The number of para-hydroxylation sites is 3. The Labute approximate surface area is 865 Å². The predicted octanol–water partition coefficient (Wildman–Crippen LogP) is 27.7. The summed E-state index contributed by atoms with van der Waals surface area (Å²) in [6, 6.07) is 109. The van der Waals surface area contributed by atoms with Crippen molar-refractivity contribution < 1.29 is 79.6 Å². The van der Waals surface area contributed by atoms with Crippen molar-refractivity contribution in [2.24, 2.45) is 0 Å². The van der Waals surface area contributed by atoms with Crippen molar-refractivity contribution in [3.63, 3.8) is 0 Å². The van der Waals surface area contributed by atoms with Gasteiger partial charge in [-0.1, -0.05) is 283 Å². The zero-order valence-electron chi connectivity index (χ0n) is 86.8. The van der Waals surface area contributed by atoms with Crippen molar-refractivity contribution >= 4 is 60.5 Å². The van der Waals surface area contributed by atoms with E-state index in [1.807, 2.05) is 115 Å². The van der Waals surface area contributed by atoms with E-state index in [1.165, 1.54) is 130 Å². The molecule has 1 atom stereocenters. The first kappa shape index (κ1) is 88.2. The Bertz CT molecular complexity index is 8260. The Morgan fingerprint density at radius 3 is 1.87 bits per heavy atom. The minimum Gasteiger partial charge on any atom is -0.527 e. The molecule has 702 valence electrons. The van der Waals surface area contributed by atoms with Crippen LogP contribution in [-0.2, 0) is 71.1 Å². The van der Waals surface area contributed by atoms with Gasteiger partial charge in [0.25, 0.3) is 11.3 Å². The van der Waals surface area contributed by atoms with Crippen LogP contribution in [0.15, 0.2) is 437 Å². The van der Waals surface area contributed by atoms with E-state index < -0.39 is 12.1 Å². The van der Waals surface area contributed by atoms with Crippen molar-refractivity contribution in [1.82, 2.24) is 34.3 Å². The zero-order chi connectivity index (χ0) is 102. The molecule has 7 aliphatic rings. The van der Waals surface area contributed by atoms with Gasteiger partial charge in [0.1, 0.15) is 44.7 Å². The molecule has 0 spiro atoms. The molecule has 0 bridgehead atoms. The molecular weight excluding hydrogens is 2090 g/mol. The average molecular weight is 2210 g/mol. The number of rotatable bonds is 10. The number of aliphatic hydroxyl groups is 1. The van der Waals surface area contributed by atoms with Crippen LogP contribution in [0.2, 0.25) is 0 Å². The number of hydrogen-bond donors (Lipinski definition) is 1. The number of pyridine rings is 4. The third-order valence-corrected chi connectivity index (χ3v) is 24.8. The van der Waals surface area contributed by atoms with Crippen molar-refractivity contribution in [1.29, 1.82) is 0 Å². The summed E-state index contributed by atoms with van der Waals surface area (Å²) in [5, 5.41) is 19.7. The van der Waals surface area contributed by atoms with E-state index in [0.717, 1.165) is 81.0 Å². The largest absolute Gasteiger partial charge is 0.527 e. The number of anilines is 1. The number of aromatic nitrogens is 9. The number of carbonyl (C=O) groups is 1. The molecule has 141 heavy (non-hydrogen) atoms. The van der Waals surface area contributed by atoms with Crippen LogP contribution < -0.4 is 23.5 Å². The Morgan fingerprint density at radius 2 is 1.18 bits per heavy atom. The van der Waals surface area contributed by atoms with Crippen LogP contribution in [0, 0.1) is 18.2 Å². The summed E-state index contributed by atoms with van der Waals surface area (Å²) < 4.78 is 76.6. The van der Waals surface area contributed by atoms with E-state index in [4.69, 9.17) is 30.9 Å². The van der Waals surface area contributed by atoms with E-state index in [2.05, 4.69) is 336 Å². The van der Waals surface area contributed by atoms with Crippen LogP contribution in [0.4, 0.5) is 5.69 Å². The topological polar surface area (TPSA) is 126 Å². The van der Waals surface area contributed by atoms with Gasteiger partial charge < -0.3 is 24.6 Å². The van der Waals surface area contributed by atoms with E-state index in [-0.39, 0.29) is 113 Å². The van der Waals surface area contributed by atoms with Gasteiger partial charge in [-0.2, -0.15) is 9.13 Å². The summed E-state index contributed by atoms with van der Waals surface area (Å²) in [5.41, 5.74) is 27.8. The molecule has 13 heterocycles. The SMILES string of the molecule is C.C1=CC2=CN3c4ccccc4CC3N2C=C1.C=C1Oc2ccccc2[C-]=C1c1ccccn1.CC(=O)C=C(C)O.CC(C)c1cccc(C(C)C)c1-n1cc[n+]2c1-c1ccccc1C2.CC(C)n1nc2c3ccccc3c3cccc4c3c2[n+]1C4.[2H]c1c([2H])c([2H])c2c(c1[2H])C[n+]1c([2H])c([2H])c([2H])c([2H])c1-2.[Ir].[Ir].[c-]1ccccc1-c1cc(-c2ccccc2)c2cc(-c3ccccc3)ccc2n1.[c-]1ccccc1-c1ccccn1. The fourth-order valence-electron chi connectivity index (χ4n) is 18.5. The van der Waals surface area contributed by atoms with E-state index in [9.17, 15) is 4.79 Å². The second-order valence-electron chi connectivity index (χ2n) is 35.1. The predicted molar refractivity (Wildman–Crippen MR) is 564 cm³/mol. The zero-order valence-corrected chi connectivity index (χ0v) is 83.6. The van der Waals surface area contributed by atoms with Crippen LogP contribution in [0.5, 0.6) is 5.75 Å². The Kier molecular flexibility index (Phi) is 28.1. The van der Waals surface area contributed by atoms with Gasteiger partial charge in [-0.05, 0) is 161 Å². The summed E-state index contributed by atoms with van der Waals surface area (Å²) in [7, 11) is 0. The quantitative estimate of drug-likeness (QED) is 0.0468. The first-order valence-electron chi connectivity index (χ1n) is 50.5. The van der Waals surface area contributed by atoms with Gasteiger partial charge in [0, 0.05) is 150 Å². The molecule has 0 saturated carbocycles. The molecule has 2 radical (unpaired) electrons. The fraction of sp³-hybridized carbons (Fsp3) is 0.136. The molecule has 1 N–H and O–H groups in total. The summed E-state index contributed by atoms with van der Waals surface area (Å²) in [4.78, 5) is 30.3. The standard InChI is InChI=1S/C27H18N.C22H25N2.C18H16N3.C15H10NO.C14H12N2.C12H10N.C11H8N.C5H8O2.CH4.2Ir/c1-4-10-20(11-5-1)23-16-17-26-25(18-23)24(21-12-6-2-7-13-21)19-27(28-26)22-14-8-3-9-15-22;1-15(2)18-10-7-11-19(16(3)4)21(18)24-13-12-23-14-17-8-5-6-9-20(17)22(23)24;1-11(2)21-19-17-15-8-4-3-7-13(15)14-9-5-6-12-10-20(21)18(17)16(12)14;1-11-13(14-7-4-5-9-16-14)10-12-6-2-3-8-15(12)17-11;1-2-7-13-11(5-1)9-14-15-8-4-3-6-12(15)10-16(13)14;1-2-6-11-10(5-1)9-13-8-4-3-7-12(11)13;1-2-6-10(7-3-1)11-8-4-5-9-12-11;1-4(6)3-5(2)7;;;/h1-14,16-19H;5-13,15-16H,14H2,1-4H3;3-9,11H,10H2,1-2H3;2-9H,1H2;1-8,10,14H,9H2;1-8H,9H2;1-6,8-9H;3,6H,1-2H3;1H4;;/q-1;2*+1;-1;;+1;-1;;;;/i;;;;;1D,2D,3D,4D,5D,6D,7D,8D;;;;;. The molecule has 1 unspecified atom stereocenters. The molecule has 13 aromatic carbocycles. The smallest absolute Gasteiger partial charge is 0.294 e. The van der Waals surface area contributed by atoms with Crippen LogP contribution in [0.3, 0.4) is 0 Å². The number of nitrogens with zero attached hydrogens (tertiary/aromatic N) is 11. The second-order valence-corrected chi connectivity index (χ2v) is 35.1. The Hall–Kier alpha value is -15.5. The molecule has 0 aliphatic carbocycles. The third-order valence-electron chi connectivity index (χ3n) is 24.8. The fourth-order valence-corrected chi connectivity index (χ4v) is 18.5. The first-order chi connectivity index (χ1) is 70.8. The van der Waals surface area contributed by atoms with E-state index in [1.54, 1.807) is 12.4 Å².